The molecule has 1 aromatic heterocycles. The third-order valence-electron chi connectivity index (χ3n) is 5.73. The van der Waals surface area contributed by atoms with E-state index in [9.17, 15) is 4.79 Å². The number of aromatic nitrogens is 2. The topological polar surface area (TPSA) is 38.1 Å². The zero-order valence-electron chi connectivity index (χ0n) is 16.7. The second kappa shape index (κ2) is 8.59. The van der Waals surface area contributed by atoms with Crippen LogP contribution in [0.3, 0.4) is 0 Å². The van der Waals surface area contributed by atoms with Gasteiger partial charge in [0.05, 0.1) is 11.0 Å². The highest BCUT2D eigenvalue weighted by atomic mass is 16.2. The molecule has 0 aliphatic carbocycles. The number of rotatable bonds is 8. The minimum atomic E-state index is 0.149. The zero-order chi connectivity index (χ0) is 19.3. The highest BCUT2D eigenvalue weighted by Crippen LogP contribution is 2.33. The maximum absolute atomic E-state index is 12.7. The van der Waals surface area contributed by atoms with Crippen molar-refractivity contribution in [2.45, 2.75) is 57.9 Å². The molecule has 4 heteroatoms. The maximum Gasteiger partial charge on any atom is 0.227 e. The number of carbonyl (C=O) groups is 1. The number of para-hydroxylation sites is 3. The molecule has 0 saturated carbocycles. The Morgan fingerprint density at radius 2 is 1.71 bits per heavy atom. The molecule has 4 nitrogen and oxygen atoms in total. The van der Waals surface area contributed by atoms with Crippen LogP contribution >= 0.6 is 0 Å². The summed E-state index contributed by atoms with van der Waals surface area (Å²) in [4.78, 5) is 19.6. The lowest BCUT2D eigenvalue weighted by Crippen LogP contribution is -2.24. The van der Waals surface area contributed by atoms with Crippen LogP contribution in [-0.4, -0.2) is 22.0 Å². The zero-order valence-corrected chi connectivity index (χ0v) is 16.7. The quantitative estimate of drug-likeness (QED) is 0.486. The molecule has 0 radical (unpaired) electrons. The van der Waals surface area contributed by atoms with Gasteiger partial charge in [-0.15, -0.1) is 0 Å². The molecule has 1 amide bonds. The van der Waals surface area contributed by atoms with E-state index in [0.29, 0.717) is 13.0 Å². The number of aryl methyl sites for hydroxylation is 1. The molecule has 1 fully saturated rings. The van der Waals surface area contributed by atoms with Crippen molar-refractivity contribution in [3.8, 4) is 0 Å². The minimum Gasteiger partial charge on any atom is -0.328 e. The molecular weight excluding hydrogens is 346 g/mol. The van der Waals surface area contributed by atoms with Crippen molar-refractivity contribution in [2.75, 3.05) is 11.4 Å². The maximum atomic E-state index is 12.7. The average Bonchev–Trinajstić information content (AvgIpc) is 3.29. The first-order valence-corrected chi connectivity index (χ1v) is 10.6. The molecule has 1 saturated heterocycles. The molecule has 1 aliphatic rings. The second-order valence-electron chi connectivity index (χ2n) is 7.77. The Labute approximate surface area is 167 Å². The fourth-order valence-electron chi connectivity index (χ4n) is 4.25. The standard InChI is InChI=1S/C24H29N3O/c1-2-3-4-5-11-16-26-22-15-10-9-14-21(22)25-24(26)19-17-23(28)27(18-19)20-12-7-6-8-13-20/h6-10,12-15,19H,2-5,11,16-18H2,1H3. The highest BCUT2D eigenvalue weighted by Gasteiger charge is 2.34. The van der Waals surface area contributed by atoms with E-state index in [1.54, 1.807) is 0 Å². The van der Waals surface area contributed by atoms with Gasteiger partial charge < -0.3 is 9.47 Å². The van der Waals surface area contributed by atoms with E-state index in [1.807, 2.05) is 41.3 Å². The Morgan fingerprint density at radius 3 is 2.54 bits per heavy atom. The molecule has 1 aliphatic heterocycles. The van der Waals surface area contributed by atoms with Crippen molar-refractivity contribution in [2.24, 2.45) is 0 Å². The van der Waals surface area contributed by atoms with Gasteiger partial charge in [-0.1, -0.05) is 62.9 Å². The Balaban J connectivity index is 1.57. The SMILES string of the molecule is CCCCCCCn1c(C2CC(=O)N(c3ccccc3)C2)nc2ccccc21. The summed E-state index contributed by atoms with van der Waals surface area (Å²) in [7, 11) is 0. The predicted octanol–water partition coefficient (Wildman–Crippen LogP) is 5.53. The highest BCUT2D eigenvalue weighted by molar-refractivity contribution is 5.96. The molecule has 146 valence electrons. The van der Waals surface area contributed by atoms with E-state index in [0.717, 1.165) is 30.0 Å². The van der Waals surface area contributed by atoms with Gasteiger partial charge in [-0.2, -0.15) is 0 Å². The Morgan fingerprint density at radius 1 is 0.964 bits per heavy atom. The van der Waals surface area contributed by atoms with Crippen LogP contribution in [0, 0.1) is 0 Å². The predicted molar refractivity (Wildman–Crippen MR) is 115 cm³/mol. The van der Waals surface area contributed by atoms with Gasteiger partial charge >= 0.3 is 0 Å². The van der Waals surface area contributed by atoms with Crippen LogP contribution in [0.2, 0.25) is 0 Å². The van der Waals surface area contributed by atoms with Crippen molar-refractivity contribution in [1.82, 2.24) is 9.55 Å². The van der Waals surface area contributed by atoms with Gasteiger partial charge in [0.2, 0.25) is 5.91 Å². The number of imidazole rings is 1. The van der Waals surface area contributed by atoms with Crippen LogP contribution in [0.15, 0.2) is 54.6 Å². The second-order valence-corrected chi connectivity index (χ2v) is 7.77. The number of fused-ring (bicyclic) bond motifs is 1. The van der Waals surface area contributed by atoms with E-state index < -0.39 is 0 Å². The largest absolute Gasteiger partial charge is 0.328 e. The summed E-state index contributed by atoms with van der Waals surface area (Å²) < 4.78 is 2.37. The minimum absolute atomic E-state index is 0.149. The molecule has 0 spiro atoms. The molecule has 1 atom stereocenters. The van der Waals surface area contributed by atoms with Crippen LogP contribution in [0.1, 0.15) is 57.2 Å². The summed E-state index contributed by atoms with van der Waals surface area (Å²) in [5, 5.41) is 0. The first-order chi connectivity index (χ1) is 13.8. The van der Waals surface area contributed by atoms with Gasteiger partial charge in [-0.25, -0.2) is 4.98 Å². The molecule has 0 bridgehead atoms. The Kier molecular flexibility index (Phi) is 5.75. The fraction of sp³-hybridized carbons (Fsp3) is 0.417. The molecule has 4 rings (SSSR count). The van der Waals surface area contributed by atoms with Gasteiger partial charge in [-0.05, 0) is 30.7 Å². The molecule has 2 aromatic carbocycles. The summed E-state index contributed by atoms with van der Waals surface area (Å²) in [6.45, 7) is 3.94. The molecule has 0 N–H and O–H groups in total. The van der Waals surface area contributed by atoms with E-state index in [-0.39, 0.29) is 11.8 Å². The van der Waals surface area contributed by atoms with Crippen LogP contribution < -0.4 is 4.90 Å². The molecule has 3 aromatic rings. The molecular formula is C24H29N3O. The molecule has 28 heavy (non-hydrogen) atoms. The Hall–Kier alpha value is -2.62. The first kappa shape index (κ1) is 18.7. The van der Waals surface area contributed by atoms with Gasteiger partial charge in [0.15, 0.2) is 0 Å². The summed E-state index contributed by atoms with van der Waals surface area (Å²) in [5.74, 6) is 1.41. The van der Waals surface area contributed by atoms with Gasteiger partial charge in [-0.3, -0.25) is 4.79 Å². The third-order valence-corrected chi connectivity index (χ3v) is 5.73. The third kappa shape index (κ3) is 3.82. The van der Waals surface area contributed by atoms with E-state index in [2.05, 4.69) is 29.7 Å². The van der Waals surface area contributed by atoms with E-state index in [4.69, 9.17) is 4.98 Å². The summed E-state index contributed by atoms with van der Waals surface area (Å²) in [6.07, 6.45) is 6.81. The lowest BCUT2D eigenvalue weighted by Gasteiger charge is -2.17. The van der Waals surface area contributed by atoms with Crippen molar-refractivity contribution >= 4 is 22.6 Å². The van der Waals surface area contributed by atoms with Crippen molar-refractivity contribution in [1.29, 1.82) is 0 Å². The lowest BCUT2D eigenvalue weighted by atomic mass is 10.1. The summed E-state index contributed by atoms with van der Waals surface area (Å²) >= 11 is 0. The molecule has 2 heterocycles. The van der Waals surface area contributed by atoms with Crippen LogP contribution in [0.25, 0.3) is 11.0 Å². The molecule has 1 unspecified atom stereocenters. The van der Waals surface area contributed by atoms with Crippen LogP contribution in [-0.2, 0) is 11.3 Å². The summed E-state index contributed by atoms with van der Waals surface area (Å²) in [6, 6.07) is 18.3. The average molecular weight is 376 g/mol. The van der Waals surface area contributed by atoms with Crippen molar-refractivity contribution in [3.05, 3.63) is 60.4 Å². The number of hydrogen-bond donors (Lipinski definition) is 0. The van der Waals surface area contributed by atoms with Gasteiger partial charge in [0.25, 0.3) is 0 Å². The van der Waals surface area contributed by atoms with Crippen LogP contribution in [0.5, 0.6) is 0 Å². The number of hydrogen-bond acceptors (Lipinski definition) is 2. The number of unbranched alkanes of at least 4 members (excludes halogenated alkanes) is 4. The number of nitrogens with zero attached hydrogens (tertiary/aromatic N) is 3. The smallest absolute Gasteiger partial charge is 0.227 e. The monoisotopic (exact) mass is 375 g/mol. The first-order valence-electron chi connectivity index (χ1n) is 10.6. The Bertz CT molecular complexity index is 931. The van der Waals surface area contributed by atoms with Gasteiger partial charge in [0.1, 0.15) is 5.82 Å². The van der Waals surface area contributed by atoms with Crippen LogP contribution in [0.4, 0.5) is 5.69 Å². The fourth-order valence-corrected chi connectivity index (χ4v) is 4.25. The number of carbonyl (C=O) groups excluding carboxylic acids is 1. The number of amides is 1. The van der Waals surface area contributed by atoms with Gasteiger partial charge in [0, 0.05) is 31.1 Å². The lowest BCUT2D eigenvalue weighted by molar-refractivity contribution is -0.117. The van der Waals surface area contributed by atoms with Crippen molar-refractivity contribution < 1.29 is 4.79 Å². The number of benzene rings is 2. The van der Waals surface area contributed by atoms with E-state index in [1.165, 1.54) is 31.2 Å². The van der Waals surface area contributed by atoms with Crippen molar-refractivity contribution in [3.63, 3.8) is 0 Å². The number of anilines is 1. The van der Waals surface area contributed by atoms with E-state index >= 15 is 0 Å². The normalized spacial score (nSPS) is 17.0. The summed E-state index contributed by atoms with van der Waals surface area (Å²) in [5.41, 5.74) is 3.22.